The Kier molecular flexibility index (Phi) is 5.71. The summed E-state index contributed by atoms with van der Waals surface area (Å²) in [4.78, 5) is 18.1. The summed E-state index contributed by atoms with van der Waals surface area (Å²) in [5.74, 6) is -0.519. The van der Waals surface area contributed by atoms with E-state index in [9.17, 15) is 9.90 Å². The van der Waals surface area contributed by atoms with E-state index in [1.54, 1.807) is 10.6 Å². The zero-order valence-electron chi connectivity index (χ0n) is 18.7. The van der Waals surface area contributed by atoms with Crippen molar-refractivity contribution in [2.45, 2.75) is 20.4 Å². The summed E-state index contributed by atoms with van der Waals surface area (Å²) in [6.07, 6.45) is 0. The van der Waals surface area contributed by atoms with Gasteiger partial charge in [0.25, 0.3) is 5.91 Å². The van der Waals surface area contributed by atoms with Gasteiger partial charge < -0.3 is 9.67 Å². The number of rotatable bonds is 4. The molecule has 5 aromatic rings. The first-order valence-electron chi connectivity index (χ1n) is 10.9. The minimum atomic E-state index is -0.498. The van der Waals surface area contributed by atoms with E-state index < -0.39 is 5.91 Å². The molecule has 5 rings (SSSR count). The number of hydrogen-bond donors (Lipinski definition) is 1. The van der Waals surface area contributed by atoms with Crippen LogP contribution in [0.5, 0.6) is 5.88 Å². The van der Waals surface area contributed by atoms with Gasteiger partial charge in [0.2, 0.25) is 5.88 Å². The van der Waals surface area contributed by atoms with Crippen molar-refractivity contribution in [2.75, 3.05) is 0 Å². The number of carbonyl (C=O) groups excluding carboxylic acids is 1. The van der Waals surface area contributed by atoms with Crippen molar-refractivity contribution in [1.82, 2.24) is 9.55 Å². The number of amides is 1. The Morgan fingerprint density at radius 2 is 1.82 bits per heavy atom. The Morgan fingerprint density at radius 3 is 2.59 bits per heavy atom. The van der Waals surface area contributed by atoms with Crippen molar-refractivity contribution >= 4 is 49.3 Å². The van der Waals surface area contributed by atoms with Gasteiger partial charge in [-0.1, -0.05) is 57.9 Å². The third-order valence-corrected chi connectivity index (χ3v) is 6.29. The van der Waals surface area contributed by atoms with Gasteiger partial charge in [0.05, 0.1) is 22.3 Å². The minimum absolute atomic E-state index is 0.0208. The number of aryl methyl sites for hydroxylation is 2. The lowest BCUT2D eigenvalue weighted by Crippen LogP contribution is -1.99. The smallest absolute Gasteiger partial charge is 0.296 e. The van der Waals surface area contributed by atoms with Gasteiger partial charge in [0, 0.05) is 27.4 Å². The van der Waals surface area contributed by atoms with Crippen LogP contribution in [0.1, 0.15) is 22.8 Å². The molecule has 2 aromatic heterocycles. The summed E-state index contributed by atoms with van der Waals surface area (Å²) in [6.45, 7) is 4.46. The molecule has 0 bridgehead atoms. The van der Waals surface area contributed by atoms with Gasteiger partial charge in [-0.3, -0.25) is 4.79 Å². The third-order valence-electron chi connectivity index (χ3n) is 5.79. The number of azo groups is 1. The van der Waals surface area contributed by atoms with Crippen molar-refractivity contribution in [3.8, 4) is 17.1 Å². The Balaban J connectivity index is 1.64. The van der Waals surface area contributed by atoms with Gasteiger partial charge >= 0.3 is 0 Å². The summed E-state index contributed by atoms with van der Waals surface area (Å²) in [7, 11) is 0. The van der Waals surface area contributed by atoms with Crippen LogP contribution in [0.3, 0.4) is 0 Å². The van der Waals surface area contributed by atoms with Crippen LogP contribution < -0.4 is 0 Å². The lowest BCUT2D eigenvalue weighted by molar-refractivity contribution is 0.0996. The average Bonchev–Trinajstić information content (AvgIpc) is 3.11. The maximum atomic E-state index is 13.3. The molecule has 0 saturated carbocycles. The highest BCUT2D eigenvalue weighted by molar-refractivity contribution is 9.10. The van der Waals surface area contributed by atoms with Gasteiger partial charge in [-0.05, 0) is 50.2 Å². The van der Waals surface area contributed by atoms with E-state index in [2.05, 4.69) is 26.2 Å². The Bertz CT molecular complexity index is 1590. The molecule has 0 radical (unpaired) electrons. The summed E-state index contributed by atoms with van der Waals surface area (Å²) in [5.41, 5.74) is 4.82. The number of nitrogens with zero attached hydrogens (tertiary/aromatic N) is 4. The van der Waals surface area contributed by atoms with Gasteiger partial charge in [0.15, 0.2) is 5.69 Å². The number of aromatic nitrogens is 2. The van der Waals surface area contributed by atoms with Gasteiger partial charge in [0.1, 0.15) is 0 Å². The fraction of sp³-hybridized carbons (Fsp3) is 0.111. The molecule has 1 amide bonds. The average molecular weight is 513 g/mol. The predicted octanol–water partition coefficient (Wildman–Crippen LogP) is 7.58. The zero-order chi connectivity index (χ0) is 23.8. The first-order chi connectivity index (χ1) is 16.5. The molecule has 0 aliphatic heterocycles. The summed E-state index contributed by atoms with van der Waals surface area (Å²) in [5, 5.41) is 20.4. The van der Waals surface area contributed by atoms with Gasteiger partial charge in [-0.2, -0.15) is 0 Å². The minimum Gasteiger partial charge on any atom is -0.493 e. The van der Waals surface area contributed by atoms with Crippen LogP contribution in [-0.4, -0.2) is 20.6 Å². The highest BCUT2D eigenvalue weighted by atomic mass is 79.9. The molecule has 1 N–H and O–H groups in total. The lowest BCUT2D eigenvalue weighted by Gasteiger charge is -2.08. The largest absolute Gasteiger partial charge is 0.493 e. The highest BCUT2D eigenvalue weighted by Gasteiger charge is 2.18. The van der Waals surface area contributed by atoms with Gasteiger partial charge in [-0.25, -0.2) is 4.98 Å². The van der Waals surface area contributed by atoms with E-state index in [-0.39, 0.29) is 11.6 Å². The molecule has 0 atom stereocenters. The molecular weight excluding hydrogens is 492 g/mol. The molecule has 0 aliphatic carbocycles. The van der Waals surface area contributed by atoms with Crippen molar-refractivity contribution in [1.29, 1.82) is 0 Å². The predicted molar refractivity (Wildman–Crippen MR) is 138 cm³/mol. The fourth-order valence-electron chi connectivity index (χ4n) is 4.14. The SMILES string of the molecule is CCn1c(O)c(N=NC(=O)c2cc(-c3ccccc3)nc3ccc(C)cc23)c2cc(Br)ccc21. The number of benzene rings is 3. The van der Waals surface area contributed by atoms with Crippen LogP contribution in [0.4, 0.5) is 5.69 Å². The molecule has 34 heavy (non-hydrogen) atoms. The monoisotopic (exact) mass is 512 g/mol. The van der Waals surface area contributed by atoms with E-state index in [4.69, 9.17) is 4.98 Å². The Hall–Kier alpha value is -3.84. The van der Waals surface area contributed by atoms with Crippen LogP contribution in [-0.2, 0) is 6.54 Å². The van der Waals surface area contributed by atoms with E-state index in [1.807, 2.05) is 80.6 Å². The molecule has 7 heteroatoms. The molecule has 0 unspecified atom stereocenters. The normalized spacial score (nSPS) is 11.6. The van der Waals surface area contributed by atoms with E-state index >= 15 is 0 Å². The first-order valence-corrected chi connectivity index (χ1v) is 11.7. The van der Waals surface area contributed by atoms with Crippen LogP contribution in [0.2, 0.25) is 0 Å². The number of aromatic hydroxyl groups is 1. The second-order valence-electron chi connectivity index (χ2n) is 8.02. The molecular formula is C27H21BrN4O2. The molecule has 0 fully saturated rings. The van der Waals surface area contributed by atoms with Crippen molar-refractivity contribution in [3.63, 3.8) is 0 Å². The summed E-state index contributed by atoms with van der Waals surface area (Å²) >= 11 is 3.47. The lowest BCUT2D eigenvalue weighted by atomic mass is 10.0. The van der Waals surface area contributed by atoms with Crippen molar-refractivity contribution in [2.24, 2.45) is 10.2 Å². The quantitative estimate of drug-likeness (QED) is 0.252. The van der Waals surface area contributed by atoms with Crippen LogP contribution in [0, 0.1) is 6.92 Å². The van der Waals surface area contributed by atoms with Crippen LogP contribution in [0.25, 0.3) is 33.1 Å². The summed E-state index contributed by atoms with van der Waals surface area (Å²) < 4.78 is 2.58. The molecule has 0 aliphatic rings. The zero-order valence-corrected chi connectivity index (χ0v) is 20.2. The van der Waals surface area contributed by atoms with E-state index in [1.165, 1.54) is 0 Å². The second-order valence-corrected chi connectivity index (χ2v) is 8.94. The summed E-state index contributed by atoms with van der Waals surface area (Å²) in [6, 6.07) is 22.9. The number of hydrogen-bond acceptors (Lipinski definition) is 4. The first kappa shape index (κ1) is 22.0. The number of halogens is 1. The van der Waals surface area contributed by atoms with E-state index in [0.29, 0.717) is 34.1 Å². The molecule has 3 aromatic carbocycles. The maximum absolute atomic E-state index is 13.3. The van der Waals surface area contributed by atoms with Crippen molar-refractivity contribution < 1.29 is 9.90 Å². The molecule has 168 valence electrons. The maximum Gasteiger partial charge on any atom is 0.296 e. The molecule has 0 saturated heterocycles. The number of carbonyl (C=O) groups is 1. The standard InChI is InChI=1S/C27H21BrN4O2/c1-3-32-24-12-10-18(28)14-21(24)25(27(32)34)30-31-26(33)20-15-23(17-7-5-4-6-8-17)29-22-11-9-16(2)13-19(20)22/h4-15,34H,3H2,1-2H3. The topological polar surface area (TPSA) is 79.8 Å². The third kappa shape index (κ3) is 3.88. The fourth-order valence-corrected chi connectivity index (χ4v) is 4.50. The molecule has 0 spiro atoms. The Labute approximate surface area is 204 Å². The van der Waals surface area contributed by atoms with Crippen LogP contribution >= 0.6 is 15.9 Å². The van der Waals surface area contributed by atoms with E-state index in [0.717, 1.165) is 21.1 Å². The number of pyridine rings is 1. The molecule has 6 nitrogen and oxygen atoms in total. The highest BCUT2D eigenvalue weighted by Crippen LogP contribution is 2.40. The van der Waals surface area contributed by atoms with Crippen LogP contribution in [0.15, 0.2) is 87.5 Å². The second kappa shape index (κ2) is 8.83. The van der Waals surface area contributed by atoms with Gasteiger partial charge in [-0.15, -0.1) is 10.2 Å². The van der Waals surface area contributed by atoms with Crippen molar-refractivity contribution in [3.05, 3.63) is 88.4 Å². The molecule has 2 heterocycles. The Morgan fingerprint density at radius 1 is 1.03 bits per heavy atom. The number of fused-ring (bicyclic) bond motifs is 2.